The lowest BCUT2D eigenvalue weighted by atomic mass is 10.1. The average Bonchev–Trinajstić information content (AvgIpc) is 2.92. The van der Waals surface area contributed by atoms with E-state index in [9.17, 15) is 4.79 Å². The minimum atomic E-state index is -0.452. The van der Waals surface area contributed by atoms with Crippen molar-refractivity contribution in [1.82, 2.24) is 15.2 Å². The van der Waals surface area contributed by atoms with Crippen molar-refractivity contribution in [2.75, 3.05) is 13.1 Å². The summed E-state index contributed by atoms with van der Waals surface area (Å²) in [5.41, 5.74) is -0.452. The Bertz CT molecular complexity index is 493. The van der Waals surface area contributed by atoms with Crippen molar-refractivity contribution >= 4 is 6.09 Å². The summed E-state index contributed by atoms with van der Waals surface area (Å²) in [7, 11) is 0. The summed E-state index contributed by atoms with van der Waals surface area (Å²) >= 11 is 0. The summed E-state index contributed by atoms with van der Waals surface area (Å²) in [6.45, 7) is 9.71. The van der Waals surface area contributed by atoms with Crippen LogP contribution >= 0.6 is 0 Å². The molecule has 1 atom stereocenters. The number of hydrogen-bond acceptors (Lipinski definition) is 5. The van der Waals surface area contributed by atoms with E-state index < -0.39 is 5.60 Å². The number of ether oxygens (including phenoxy) is 1. The highest BCUT2D eigenvalue weighted by atomic mass is 16.6. The monoisotopic (exact) mass is 309 g/mol. The Labute approximate surface area is 132 Å². The number of aryl methyl sites for hydroxylation is 1. The molecule has 1 unspecified atom stereocenters. The van der Waals surface area contributed by atoms with Crippen LogP contribution in [0.25, 0.3) is 0 Å². The first-order valence-corrected chi connectivity index (χ1v) is 8.02. The van der Waals surface area contributed by atoms with Gasteiger partial charge < -0.3 is 19.4 Å². The Morgan fingerprint density at radius 3 is 2.95 bits per heavy atom. The van der Waals surface area contributed by atoms with Crippen molar-refractivity contribution in [3.8, 4) is 0 Å². The van der Waals surface area contributed by atoms with Gasteiger partial charge in [-0.25, -0.2) is 9.78 Å². The van der Waals surface area contributed by atoms with Crippen LogP contribution in [0.4, 0.5) is 4.79 Å². The first kappa shape index (κ1) is 16.8. The van der Waals surface area contributed by atoms with Crippen molar-refractivity contribution in [2.45, 2.75) is 65.1 Å². The Hall–Kier alpha value is -1.56. The van der Waals surface area contributed by atoms with E-state index in [1.807, 2.05) is 27.7 Å². The van der Waals surface area contributed by atoms with E-state index in [1.54, 1.807) is 11.1 Å². The summed E-state index contributed by atoms with van der Waals surface area (Å²) in [5.74, 6) is 1.60. The number of oxazole rings is 1. The van der Waals surface area contributed by atoms with Crippen LogP contribution in [-0.2, 0) is 17.7 Å². The largest absolute Gasteiger partial charge is 0.444 e. The Morgan fingerprint density at radius 1 is 1.55 bits per heavy atom. The molecule has 0 saturated carbocycles. The van der Waals surface area contributed by atoms with E-state index in [0.29, 0.717) is 19.0 Å². The fourth-order valence-corrected chi connectivity index (χ4v) is 2.46. The average molecular weight is 309 g/mol. The first-order chi connectivity index (χ1) is 10.4. The second-order valence-electron chi connectivity index (χ2n) is 6.72. The number of nitrogens with one attached hydrogen (secondary N) is 1. The van der Waals surface area contributed by atoms with E-state index in [4.69, 9.17) is 9.15 Å². The SMILES string of the molecule is CCc1cnc(CNC2CCCN(C(=O)OC(C)(C)C)C2)o1. The first-order valence-electron chi connectivity index (χ1n) is 8.02. The molecule has 1 aromatic heterocycles. The van der Waals surface area contributed by atoms with Crippen LogP contribution in [0.3, 0.4) is 0 Å². The molecule has 1 aromatic rings. The van der Waals surface area contributed by atoms with Gasteiger partial charge in [0.15, 0.2) is 0 Å². The lowest BCUT2D eigenvalue weighted by Crippen LogP contribution is -2.49. The van der Waals surface area contributed by atoms with Crippen LogP contribution in [0.1, 0.15) is 52.2 Å². The normalized spacial score (nSPS) is 19.3. The third kappa shape index (κ3) is 5.02. The van der Waals surface area contributed by atoms with E-state index in [-0.39, 0.29) is 12.1 Å². The molecule has 22 heavy (non-hydrogen) atoms. The van der Waals surface area contributed by atoms with Gasteiger partial charge in [0.2, 0.25) is 5.89 Å². The zero-order chi connectivity index (χ0) is 16.2. The molecule has 0 aromatic carbocycles. The zero-order valence-corrected chi connectivity index (χ0v) is 14.0. The van der Waals surface area contributed by atoms with Gasteiger partial charge in [-0.1, -0.05) is 6.92 Å². The van der Waals surface area contributed by atoms with Crippen molar-refractivity contribution in [1.29, 1.82) is 0 Å². The molecule has 124 valence electrons. The van der Waals surface area contributed by atoms with Gasteiger partial charge in [-0.05, 0) is 33.6 Å². The molecule has 0 radical (unpaired) electrons. The molecule has 0 spiro atoms. The summed E-state index contributed by atoms with van der Waals surface area (Å²) in [5, 5.41) is 3.42. The van der Waals surface area contributed by atoms with Gasteiger partial charge in [0.25, 0.3) is 0 Å². The lowest BCUT2D eigenvalue weighted by Gasteiger charge is -2.34. The molecule has 0 aliphatic carbocycles. The van der Waals surface area contributed by atoms with Crippen LogP contribution in [-0.4, -0.2) is 40.7 Å². The highest BCUT2D eigenvalue weighted by molar-refractivity contribution is 5.68. The van der Waals surface area contributed by atoms with Crippen LogP contribution < -0.4 is 5.32 Å². The van der Waals surface area contributed by atoms with Crippen LogP contribution in [0.5, 0.6) is 0 Å². The van der Waals surface area contributed by atoms with Gasteiger partial charge >= 0.3 is 6.09 Å². The fraction of sp³-hybridized carbons (Fsp3) is 0.750. The van der Waals surface area contributed by atoms with E-state index in [1.165, 1.54) is 0 Å². The number of piperidine rings is 1. The number of carbonyl (C=O) groups is 1. The van der Waals surface area contributed by atoms with Gasteiger partial charge in [0, 0.05) is 25.6 Å². The maximum absolute atomic E-state index is 12.1. The van der Waals surface area contributed by atoms with E-state index in [0.717, 1.165) is 31.6 Å². The maximum Gasteiger partial charge on any atom is 0.410 e. The van der Waals surface area contributed by atoms with E-state index in [2.05, 4.69) is 10.3 Å². The molecule has 1 aliphatic rings. The van der Waals surface area contributed by atoms with E-state index >= 15 is 0 Å². The highest BCUT2D eigenvalue weighted by Gasteiger charge is 2.27. The van der Waals surface area contributed by atoms with Gasteiger partial charge in [-0.3, -0.25) is 0 Å². The Morgan fingerprint density at radius 2 is 2.32 bits per heavy atom. The highest BCUT2D eigenvalue weighted by Crippen LogP contribution is 2.16. The fourth-order valence-electron chi connectivity index (χ4n) is 2.46. The number of nitrogens with zero attached hydrogens (tertiary/aromatic N) is 2. The summed E-state index contributed by atoms with van der Waals surface area (Å²) in [4.78, 5) is 18.1. The number of aromatic nitrogens is 1. The molecular formula is C16H27N3O3. The predicted octanol–water partition coefficient (Wildman–Crippen LogP) is 2.73. The summed E-state index contributed by atoms with van der Waals surface area (Å²) in [6, 6.07) is 0.248. The topological polar surface area (TPSA) is 67.6 Å². The van der Waals surface area contributed by atoms with Crippen LogP contribution in [0.15, 0.2) is 10.6 Å². The molecule has 1 aliphatic heterocycles. The number of rotatable bonds is 4. The lowest BCUT2D eigenvalue weighted by molar-refractivity contribution is 0.0186. The molecule has 1 N–H and O–H groups in total. The molecule has 2 rings (SSSR count). The second-order valence-corrected chi connectivity index (χ2v) is 6.72. The number of hydrogen-bond donors (Lipinski definition) is 1. The molecule has 1 amide bonds. The van der Waals surface area contributed by atoms with Crippen molar-refractivity contribution < 1.29 is 13.9 Å². The standard InChI is InChI=1S/C16H27N3O3/c1-5-13-9-18-14(21-13)10-17-12-7-6-8-19(11-12)15(20)22-16(2,3)4/h9,12,17H,5-8,10-11H2,1-4H3. The summed E-state index contributed by atoms with van der Waals surface area (Å²) in [6.07, 6.45) is 4.40. The third-order valence-electron chi connectivity index (χ3n) is 3.56. The predicted molar refractivity (Wildman–Crippen MR) is 83.5 cm³/mol. The minimum absolute atomic E-state index is 0.233. The van der Waals surface area contributed by atoms with Crippen LogP contribution in [0, 0.1) is 0 Å². The van der Waals surface area contributed by atoms with Gasteiger partial charge in [-0.15, -0.1) is 0 Å². The quantitative estimate of drug-likeness (QED) is 0.926. The van der Waals surface area contributed by atoms with Gasteiger partial charge in [0.1, 0.15) is 11.4 Å². The van der Waals surface area contributed by atoms with Crippen molar-refractivity contribution in [3.63, 3.8) is 0 Å². The number of amides is 1. The molecule has 0 bridgehead atoms. The zero-order valence-electron chi connectivity index (χ0n) is 14.0. The smallest absolute Gasteiger partial charge is 0.410 e. The Balaban J connectivity index is 1.81. The molecule has 1 saturated heterocycles. The summed E-state index contributed by atoms with van der Waals surface area (Å²) < 4.78 is 11.0. The van der Waals surface area contributed by atoms with Crippen LogP contribution in [0.2, 0.25) is 0 Å². The number of likely N-dealkylation sites (tertiary alicyclic amines) is 1. The van der Waals surface area contributed by atoms with Gasteiger partial charge in [0.05, 0.1) is 12.7 Å². The molecular weight excluding hydrogens is 282 g/mol. The maximum atomic E-state index is 12.1. The van der Waals surface area contributed by atoms with Crippen molar-refractivity contribution in [3.05, 3.63) is 17.8 Å². The van der Waals surface area contributed by atoms with Crippen molar-refractivity contribution in [2.24, 2.45) is 0 Å². The van der Waals surface area contributed by atoms with Gasteiger partial charge in [-0.2, -0.15) is 0 Å². The number of carbonyl (C=O) groups excluding carboxylic acids is 1. The molecule has 6 heteroatoms. The molecule has 2 heterocycles. The Kier molecular flexibility index (Phi) is 5.45. The third-order valence-corrected chi connectivity index (χ3v) is 3.56. The second kappa shape index (κ2) is 7.13. The minimum Gasteiger partial charge on any atom is -0.444 e. The molecule has 1 fully saturated rings. The molecule has 6 nitrogen and oxygen atoms in total.